The second kappa shape index (κ2) is 8.02. The molecule has 1 atom stereocenters. The molecule has 156 valence electrons. The number of amides is 4. The van der Waals surface area contributed by atoms with Gasteiger partial charge in [-0.15, -0.1) is 0 Å². The SMILES string of the molecule is CC(C)n1c(CNC(=O)CC2NC(=O)N(Cc3ccco3)C2=O)nc2ccccc21. The van der Waals surface area contributed by atoms with Gasteiger partial charge in [-0.25, -0.2) is 9.78 Å². The normalized spacial score (nSPS) is 16.5. The van der Waals surface area contributed by atoms with Crippen LogP contribution in [0.2, 0.25) is 0 Å². The van der Waals surface area contributed by atoms with E-state index in [2.05, 4.69) is 34.0 Å². The fourth-order valence-electron chi connectivity index (χ4n) is 3.65. The number of carbonyl (C=O) groups is 3. The predicted molar refractivity (Wildman–Crippen MR) is 108 cm³/mol. The average molecular weight is 409 g/mol. The fraction of sp³-hybridized carbons (Fsp3) is 0.333. The van der Waals surface area contributed by atoms with Crippen molar-refractivity contribution in [2.24, 2.45) is 0 Å². The number of nitrogens with one attached hydrogen (secondary N) is 2. The van der Waals surface area contributed by atoms with Crippen LogP contribution in [0.3, 0.4) is 0 Å². The highest BCUT2D eigenvalue weighted by atomic mass is 16.3. The molecule has 1 aliphatic rings. The summed E-state index contributed by atoms with van der Waals surface area (Å²) in [7, 11) is 0. The van der Waals surface area contributed by atoms with E-state index in [9.17, 15) is 14.4 Å². The lowest BCUT2D eigenvalue weighted by Gasteiger charge is -2.14. The van der Waals surface area contributed by atoms with E-state index in [0.717, 1.165) is 21.8 Å². The molecule has 3 aromatic rings. The van der Waals surface area contributed by atoms with Crippen LogP contribution in [0.15, 0.2) is 47.1 Å². The molecule has 4 rings (SSSR count). The van der Waals surface area contributed by atoms with Crippen molar-refractivity contribution in [3.05, 3.63) is 54.2 Å². The molecule has 2 aromatic heterocycles. The molecule has 0 radical (unpaired) electrons. The maximum atomic E-state index is 12.5. The first-order valence-corrected chi connectivity index (χ1v) is 9.81. The third-order valence-electron chi connectivity index (χ3n) is 5.02. The van der Waals surface area contributed by atoms with Crippen molar-refractivity contribution in [3.63, 3.8) is 0 Å². The lowest BCUT2D eigenvalue weighted by atomic mass is 10.2. The molecule has 1 fully saturated rings. The predicted octanol–water partition coefficient (Wildman–Crippen LogP) is 2.34. The number of urea groups is 1. The van der Waals surface area contributed by atoms with Gasteiger partial charge in [-0.05, 0) is 38.1 Å². The topological polar surface area (TPSA) is 109 Å². The van der Waals surface area contributed by atoms with E-state index in [1.807, 2.05) is 24.3 Å². The van der Waals surface area contributed by atoms with Crippen LogP contribution in [-0.2, 0) is 22.7 Å². The standard InChI is InChI=1S/C21H23N5O4/c1-13(2)26-17-8-4-3-7-15(17)23-18(26)11-22-19(27)10-16-20(28)25(21(29)24-16)12-14-6-5-9-30-14/h3-9,13,16H,10-12H2,1-2H3,(H,22,27)(H,24,29). The second-order valence-electron chi connectivity index (χ2n) is 7.47. The van der Waals surface area contributed by atoms with E-state index in [-0.39, 0.29) is 31.5 Å². The Labute approximate surface area is 173 Å². The van der Waals surface area contributed by atoms with Crippen molar-refractivity contribution < 1.29 is 18.8 Å². The van der Waals surface area contributed by atoms with Gasteiger partial charge in [0.05, 0.1) is 36.8 Å². The number of hydrogen-bond donors (Lipinski definition) is 2. The third-order valence-corrected chi connectivity index (χ3v) is 5.02. The van der Waals surface area contributed by atoms with Gasteiger partial charge in [0.2, 0.25) is 5.91 Å². The molecule has 1 unspecified atom stereocenters. The second-order valence-corrected chi connectivity index (χ2v) is 7.47. The van der Waals surface area contributed by atoms with Crippen LogP contribution in [0.1, 0.15) is 37.9 Å². The molecule has 0 spiro atoms. The van der Waals surface area contributed by atoms with Gasteiger partial charge in [0.1, 0.15) is 17.6 Å². The zero-order chi connectivity index (χ0) is 21.3. The number of nitrogens with zero attached hydrogens (tertiary/aromatic N) is 3. The average Bonchev–Trinajstić information content (AvgIpc) is 3.41. The van der Waals surface area contributed by atoms with Gasteiger partial charge in [-0.3, -0.25) is 14.5 Å². The van der Waals surface area contributed by atoms with Crippen molar-refractivity contribution in [1.29, 1.82) is 0 Å². The Balaban J connectivity index is 1.39. The van der Waals surface area contributed by atoms with E-state index in [1.165, 1.54) is 6.26 Å². The summed E-state index contributed by atoms with van der Waals surface area (Å²) in [5.41, 5.74) is 1.87. The van der Waals surface area contributed by atoms with Gasteiger partial charge in [0.25, 0.3) is 5.91 Å². The lowest BCUT2D eigenvalue weighted by molar-refractivity contribution is -0.131. The van der Waals surface area contributed by atoms with Crippen LogP contribution >= 0.6 is 0 Å². The molecule has 0 saturated carbocycles. The van der Waals surface area contributed by atoms with E-state index in [0.29, 0.717) is 5.76 Å². The number of imidazole rings is 1. The number of furan rings is 1. The monoisotopic (exact) mass is 409 g/mol. The Morgan fingerprint density at radius 3 is 2.77 bits per heavy atom. The molecule has 1 aliphatic heterocycles. The van der Waals surface area contributed by atoms with Crippen LogP contribution in [0.25, 0.3) is 11.0 Å². The molecule has 0 bridgehead atoms. The fourth-order valence-corrected chi connectivity index (χ4v) is 3.65. The quantitative estimate of drug-likeness (QED) is 0.582. The van der Waals surface area contributed by atoms with Crippen LogP contribution in [0.4, 0.5) is 4.79 Å². The van der Waals surface area contributed by atoms with Crippen molar-refractivity contribution in [2.75, 3.05) is 0 Å². The number of fused-ring (bicyclic) bond motifs is 1. The molecule has 30 heavy (non-hydrogen) atoms. The van der Waals surface area contributed by atoms with Crippen molar-refractivity contribution in [3.8, 4) is 0 Å². The molecule has 2 N–H and O–H groups in total. The van der Waals surface area contributed by atoms with Crippen LogP contribution in [0, 0.1) is 0 Å². The smallest absolute Gasteiger partial charge is 0.325 e. The van der Waals surface area contributed by atoms with Gasteiger partial charge in [0, 0.05) is 6.04 Å². The number of imide groups is 1. The Kier molecular flexibility index (Phi) is 5.26. The summed E-state index contributed by atoms with van der Waals surface area (Å²) in [5.74, 6) is 0.453. The Morgan fingerprint density at radius 2 is 2.03 bits per heavy atom. The van der Waals surface area contributed by atoms with E-state index in [1.54, 1.807) is 12.1 Å². The third kappa shape index (κ3) is 3.78. The highest BCUT2D eigenvalue weighted by Gasteiger charge is 2.39. The van der Waals surface area contributed by atoms with Crippen LogP contribution < -0.4 is 10.6 Å². The first-order chi connectivity index (χ1) is 14.4. The zero-order valence-electron chi connectivity index (χ0n) is 16.8. The number of para-hydroxylation sites is 2. The van der Waals surface area contributed by atoms with E-state index in [4.69, 9.17) is 4.42 Å². The maximum absolute atomic E-state index is 12.5. The van der Waals surface area contributed by atoms with Crippen molar-refractivity contribution in [1.82, 2.24) is 25.1 Å². The number of benzene rings is 1. The number of aromatic nitrogens is 2. The molecule has 9 nitrogen and oxygen atoms in total. The Morgan fingerprint density at radius 1 is 1.23 bits per heavy atom. The first kappa shape index (κ1) is 19.7. The minimum absolute atomic E-state index is 0.0359. The highest BCUT2D eigenvalue weighted by Crippen LogP contribution is 2.21. The molecule has 3 heterocycles. The summed E-state index contributed by atoms with van der Waals surface area (Å²) in [5, 5.41) is 5.38. The minimum Gasteiger partial charge on any atom is -0.467 e. The van der Waals surface area contributed by atoms with Crippen LogP contribution in [-0.4, -0.2) is 38.3 Å². The van der Waals surface area contributed by atoms with Gasteiger partial charge in [0.15, 0.2) is 0 Å². The summed E-state index contributed by atoms with van der Waals surface area (Å²) in [6.45, 7) is 4.38. The molecule has 1 aromatic carbocycles. The highest BCUT2D eigenvalue weighted by molar-refractivity contribution is 6.05. The summed E-state index contributed by atoms with van der Waals surface area (Å²) in [4.78, 5) is 42.7. The van der Waals surface area contributed by atoms with Gasteiger partial charge in [-0.2, -0.15) is 0 Å². The van der Waals surface area contributed by atoms with Gasteiger partial charge >= 0.3 is 6.03 Å². The summed E-state index contributed by atoms with van der Waals surface area (Å²) >= 11 is 0. The molecule has 0 aliphatic carbocycles. The zero-order valence-corrected chi connectivity index (χ0v) is 16.8. The number of carbonyl (C=O) groups excluding carboxylic acids is 3. The molecular formula is C21H23N5O4. The molecular weight excluding hydrogens is 386 g/mol. The lowest BCUT2D eigenvalue weighted by Crippen LogP contribution is -2.36. The number of hydrogen-bond acceptors (Lipinski definition) is 5. The van der Waals surface area contributed by atoms with E-state index < -0.39 is 18.0 Å². The molecule has 1 saturated heterocycles. The summed E-state index contributed by atoms with van der Waals surface area (Å²) in [6.07, 6.45) is 1.34. The maximum Gasteiger partial charge on any atom is 0.325 e. The first-order valence-electron chi connectivity index (χ1n) is 9.81. The number of rotatable bonds is 7. The summed E-state index contributed by atoms with van der Waals surface area (Å²) in [6, 6.07) is 9.92. The minimum atomic E-state index is -0.892. The largest absolute Gasteiger partial charge is 0.467 e. The van der Waals surface area contributed by atoms with E-state index >= 15 is 0 Å². The Bertz CT molecular complexity index is 1090. The van der Waals surface area contributed by atoms with Gasteiger partial charge in [-0.1, -0.05) is 12.1 Å². The van der Waals surface area contributed by atoms with Crippen molar-refractivity contribution >= 4 is 28.9 Å². The molecule has 9 heteroatoms. The van der Waals surface area contributed by atoms with Gasteiger partial charge < -0.3 is 19.6 Å². The van der Waals surface area contributed by atoms with Crippen molar-refractivity contribution in [2.45, 2.75) is 45.4 Å². The van der Waals surface area contributed by atoms with Crippen LogP contribution in [0.5, 0.6) is 0 Å². The Hall–Kier alpha value is -3.62. The molecule has 4 amide bonds. The summed E-state index contributed by atoms with van der Waals surface area (Å²) < 4.78 is 7.26.